The van der Waals surface area contributed by atoms with E-state index < -0.39 is 41.6 Å². The number of alkyl halides is 6. The number of hydroxylamine groups is 1. The Labute approximate surface area is 242 Å². The van der Waals surface area contributed by atoms with Crippen LogP contribution in [0.4, 0.5) is 26.3 Å². The maximum atomic E-state index is 13.3. The first-order valence-corrected chi connectivity index (χ1v) is 13.6. The van der Waals surface area contributed by atoms with E-state index in [1.807, 2.05) is 0 Å². The first-order valence-electron chi connectivity index (χ1n) is 13.6. The Bertz CT molecular complexity index is 1450. The fourth-order valence-corrected chi connectivity index (χ4v) is 5.14. The first kappa shape index (κ1) is 30.6. The van der Waals surface area contributed by atoms with Crippen LogP contribution in [-0.2, 0) is 41.4 Å². The molecule has 5 rings (SSSR count). The maximum absolute atomic E-state index is 13.3. The van der Waals surface area contributed by atoms with Gasteiger partial charge in [-0.25, -0.2) is 10.3 Å². The van der Waals surface area contributed by atoms with Crippen LogP contribution in [0.2, 0.25) is 0 Å². The van der Waals surface area contributed by atoms with Crippen LogP contribution in [0.3, 0.4) is 0 Å². The topological polar surface area (TPSA) is 73.9 Å². The van der Waals surface area contributed by atoms with Gasteiger partial charge in [-0.2, -0.15) is 26.3 Å². The van der Waals surface area contributed by atoms with Crippen LogP contribution >= 0.6 is 0 Å². The molecule has 2 unspecified atom stereocenters. The number of nitrogens with one attached hydrogen (secondary N) is 1. The molecule has 2 aliphatic rings. The standard InChI is InChI=1S/C31H27F6NO5/c32-30(33,34)23-12-19(13-24(16-23)31(35,36)37)11-22-14-21-15-25(8-9-26(21)28(22)39)42-17-18-4-6-20(7-5-18)29(40)38-43-27-3-1-2-10-41-27/h4-9,12-13,15-16,22,27H,1-3,10-11,14,17H2,(H,38,40). The summed E-state index contributed by atoms with van der Waals surface area (Å²) in [7, 11) is 0. The molecule has 1 N–H and O–H groups in total. The molecule has 1 heterocycles. The number of amides is 1. The number of benzene rings is 3. The minimum absolute atomic E-state index is 0.0721. The molecule has 228 valence electrons. The quantitative estimate of drug-likeness (QED) is 0.219. The maximum Gasteiger partial charge on any atom is 0.416 e. The molecule has 0 spiro atoms. The molecule has 43 heavy (non-hydrogen) atoms. The van der Waals surface area contributed by atoms with Gasteiger partial charge >= 0.3 is 12.4 Å². The van der Waals surface area contributed by atoms with Crippen molar-refractivity contribution in [1.82, 2.24) is 5.48 Å². The van der Waals surface area contributed by atoms with Gasteiger partial charge in [-0.05, 0) is 90.9 Å². The average molecular weight is 608 g/mol. The molecule has 0 bridgehead atoms. The number of hydrogen-bond acceptors (Lipinski definition) is 5. The van der Waals surface area contributed by atoms with Crippen LogP contribution in [0.15, 0.2) is 60.7 Å². The molecule has 3 aromatic rings. The highest BCUT2D eigenvalue weighted by molar-refractivity contribution is 6.02. The van der Waals surface area contributed by atoms with Gasteiger partial charge in [-0.1, -0.05) is 12.1 Å². The van der Waals surface area contributed by atoms with Gasteiger partial charge in [0.2, 0.25) is 0 Å². The van der Waals surface area contributed by atoms with Crippen molar-refractivity contribution < 1.29 is 50.2 Å². The molecule has 1 aliphatic heterocycles. The Morgan fingerprint density at radius 1 is 0.884 bits per heavy atom. The Balaban J connectivity index is 1.19. The average Bonchev–Trinajstić information content (AvgIpc) is 3.28. The molecule has 0 aromatic heterocycles. The minimum atomic E-state index is -4.96. The molecule has 2 atom stereocenters. The molecule has 12 heteroatoms. The van der Waals surface area contributed by atoms with Gasteiger partial charge in [0.1, 0.15) is 12.4 Å². The van der Waals surface area contributed by atoms with E-state index in [1.165, 1.54) is 0 Å². The van der Waals surface area contributed by atoms with E-state index in [9.17, 15) is 35.9 Å². The second kappa shape index (κ2) is 12.4. The van der Waals surface area contributed by atoms with Gasteiger partial charge in [0, 0.05) is 30.1 Å². The summed E-state index contributed by atoms with van der Waals surface area (Å²) in [6, 6.07) is 12.8. The molecule has 0 saturated carbocycles. The van der Waals surface area contributed by atoms with Crippen molar-refractivity contribution in [3.05, 3.63) is 99.6 Å². The van der Waals surface area contributed by atoms with Gasteiger partial charge in [0.25, 0.3) is 5.91 Å². The Morgan fingerprint density at radius 2 is 1.58 bits per heavy atom. The minimum Gasteiger partial charge on any atom is -0.489 e. The van der Waals surface area contributed by atoms with Gasteiger partial charge in [0.05, 0.1) is 11.1 Å². The van der Waals surface area contributed by atoms with Crippen LogP contribution in [0.25, 0.3) is 0 Å². The van der Waals surface area contributed by atoms with Crippen LogP contribution < -0.4 is 10.2 Å². The van der Waals surface area contributed by atoms with Crippen molar-refractivity contribution in [1.29, 1.82) is 0 Å². The van der Waals surface area contributed by atoms with Crippen LogP contribution in [0.1, 0.15) is 67.8 Å². The van der Waals surface area contributed by atoms with Crippen molar-refractivity contribution in [3.63, 3.8) is 0 Å². The highest BCUT2D eigenvalue weighted by Crippen LogP contribution is 2.38. The number of hydrogen-bond donors (Lipinski definition) is 1. The highest BCUT2D eigenvalue weighted by Gasteiger charge is 2.38. The van der Waals surface area contributed by atoms with Crippen molar-refractivity contribution >= 4 is 11.7 Å². The van der Waals surface area contributed by atoms with Crippen molar-refractivity contribution in [2.45, 2.75) is 57.4 Å². The van der Waals surface area contributed by atoms with Gasteiger partial charge in [-0.3, -0.25) is 9.59 Å². The highest BCUT2D eigenvalue weighted by atomic mass is 19.4. The third-order valence-corrected chi connectivity index (χ3v) is 7.35. The van der Waals surface area contributed by atoms with E-state index >= 15 is 0 Å². The van der Waals surface area contributed by atoms with Crippen LogP contribution in [0.5, 0.6) is 5.75 Å². The van der Waals surface area contributed by atoms with Gasteiger partial charge in [-0.15, -0.1) is 0 Å². The molecule has 6 nitrogen and oxygen atoms in total. The van der Waals surface area contributed by atoms with Crippen LogP contribution in [-0.4, -0.2) is 24.6 Å². The van der Waals surface area contributed by atoms with E-state index in [4.69, 9.17) is 14.3 Å². The SMILES string of the molecule is O=C(NOC1CCCCO1)c1ccc(COc2ccc3c(c2)CC(Cc2cc(C(F)(F)F)cc(C(F)(F)F)c2)C3=O)cc1. The normalized spacial score (nSPS) is 18.8. The number of carbonyl (C=O) groups is 2. The second-order valence-corrected chi connectivity index (χ2v) is 10.5. The van der Waals surface area contributed by atoms with Crippen molar-refractivity contribution in [3.8, 4) is 5.75 Å². The lowest BCUT2D eigenvalue weighted by molar-refractivity contribution is -0.186. The molecular weight excluding hydrogens is 580 g/mol. The number of Topliss-reactive ketones (excluding diaryl/α,β-unsaturated/α-hetero) is 1. The number of rotatable bonds is 8. The third kappa shape index (κ3) is 7.55. The van der Waals surface area contributed by atoms with Crippen molar-refractivity contribution in [2.75, 3.05) is 6.61 Å². The Hall–Kier alpha value is -3.90. The zero-order chi connectivity index (χ0) is 30.8. The smallest absolute Gasteiger partial charge is 0.416 e. The monoisotopic (exact) mass is 607 g/mol. The summed E-state index contributed by atoms with van der Waals surface area (Å²) >= 11 is 0. The van der Waals surface area contributed by atoms with Crippen molar-refractivity contribution in [2.24, 2.45) is 5.92 Å². The number of halogens is 6. The molecule has 1 saturated heterocycles. The number of ketones is 1. The molecule has 3 aromatic carbocycles. The fourth-order valence-electron chi connectivity index (χ4n) is 5.14. The second-order valence-electron chi connectivity index (χ2n) is 10.5. The largest absolute Gasteiger partial charge is 0.489 e. The van der Waals surface area contributed by atoms with E-state index in [0.29, 0.717) is 47.6 Å². The zero-order valence-corrected chi connectivity index (χ0v) is 22.7. The fraction of sp³-hybridized carbons (Fsp3) is 0.355. The summed E-state index contributed by atoms with van der Waals surface area (Å²) in [6.45, 7) is 0.733. The summed E-state index contributed by atoms with van der Waals surface area (Å²) in [5.41, 5.74) is 1.45. The van der Waals surface area contributed by atoms with E-state index in [2.05, 4.69) is 5.48 Å². The van der Waals surface area contributed by atoms with E-state index in [-0.39, 0.29) is 36.9 Å². The molecule has 1 aliphatic carbocycles. The summed E-state index contributed by atoms with van der Waals surface area (Å²) < 4.78 is 90.8. The first-order chi connectivity index (χ1) is 20.4. The Morgan fingerprint density at radius 3 is 2.21 bits per heavy atom. The van der Waals surface area contributed by atoms with Gasteiger partial charge < -0.3 is 9.47 Å². The lowest BCUT2D eigenvalue weighted by atomic mass is 9.93. The molecule has 1 amide bonds. The zero-order valence-electron chi connectivity index (χ0n) is 22.7. The predicted octanol–water partition coefficient (Wildman–Crippen LogP) is 7.09. The molecule has 1 fully saturated rings. The number of ether oxygens (including phenoxy) is 2. The number of fused-ring (bicyclic) bond motifs is 1. The summed E-state index contributed by atoms with van der Waals surface area (Å²) in [5.74, 6) is -1.13. The van der Waals surface area contributed by atoms with Crippen LogP contribution in [0, 0.1) is 5.92 Å². The summed E-state index contributed by atoms with van der Waals surface area (Å²) in [4.78, 5) is 30.6. The molecule has 0 radical (unpaired) electrons. The summed E-state index contributed by atoms with van der Waals surface area (Å²) in [6.07, 6.45) is -7.89. The van der Waals surface area contributed by atoms with E-state index in [1.54, 1.807) is 42.5 Å². The van der Waals surface area contributed by atoms with E-state index in [0.717, 1.165) is 18.4 Å². The lowest BCUT2D eigenvalue weighted by Crippen LogP contribution is -2.33. The Kier molecular flexibility index (Phi) is 8.79. The summed E-state index contributed by atoms with van der Waals surface area (Å²) in [5, 5.41) is 0. The third-order valence-electron chi connectivity index (χ3n) is 7.35. The van der Waals surface area contributed by atoms with Gasteiger partial charge in [0.15, 0.2) is 12.1 Å². The molecular formula is C31H27F6NO5. The predicted molar refractivity (Wildman–Crippen MR) is 141 cm³/mol. The number of carbonyl (C=O) groups excluding carboxylic acids is 2. The lowest BCUT2D eigenvalue weighted by Gasteiger charge is -2.22.